The topological polar surface area (TPSA) is 28.4 Å². The van der Waals surface area contributed by atoms with E-state index >= 15 is 0 Å². The molecule has 2 heterocycles. The van der Waals surface area contributed by atoms with Crippen molar-refractivity contribution in [1.82, 2.24) is 10.2 Å². The fourth-order valence-electron chi connectivity index (χ4n) is 2.87. The predicted octanol–water partition coefficient (Wildman–Crippen LogP) is 2.93. The summed E-state index contributed by atoms with van der Waals surface area (Å²) in [5, 5.41) is 3.14. The van der Waals surface area contributed by atoms with Gasteiger partial charge >= 0.3 is 0 Å². The van der Waals surface area contributed by atoms with Crippen LogP contribution < -0.4 is 5.32 Å². The molecule has 1 aromatic heterocycles. The van der Waals surface area contributed by atoms with E-state index in [1.807, 2.05) is 7.05 Å². The molecule has 2 unspecified atom stereocenters. The average molecular weight is 250 g/mol. The molecule has 0 spiro atoms. The van der Waals surface area contributed by atoms with Gasteiger partial charge in [-0.25, -0.2) is 0 Å². The van der Waals surface area contributed by atoms with Crippen molar-refractivity contribution in [2.45, 2.75) is 52.7 Å². The quantitative estimate of drug-likeness (QED) is 0.890. The van der Waals surface area contributed by atoms with Gasteiger partial charge in [0.15, 0.2) is 0 Å². The lowest BCUT2D eigenvalue weighted by molar-refractivity contribution is 0.106. The molecule has 0 aliphatic carbocycles. The Labute approximate surface area is 111 Å². The normalized spacial score (nSPS) is 25.6. The lowest BCUT2D eigenvalue weighted by Gasteiger charge is -2.37. The van der Waals surface area contributed by atoms with Crippen LogP contribution in [-0.4, -0.2) is 24.5 Å². The highest BCUT2D eigenvalue weighted by atomic mass is 16.3. The van der Waals surface area contributed by atoms with E-state index in [2.05, 4.69) is 37.1 Å². The van der Waals surface area contributed by atoms with Crippen LogP contribution in [0, 0.1) is 12.8 Å². The Morgan fingerprint density at radius 3 is 2.94 bits per heavy atom. The van der Waals surface area contributed by atoms with Gasteiger partial charge in [0.25, 0.3) is 0 Å². The summed E-state index contributed by atoms with van der Waals surface area (Å²) in [7, 11) is 1.95. The molecule has 3 heteroatoms. The Morgan fingerprint density at radius 1 is 1.44 bits per heavy atom. The maximum atomic E-state index is 5.77. The van der Waals surface area contributed by atoms with E-state index in [-0.39, 0.29) is 0 Å². The molecular formula is C15H26N2O. The van der Waals surface area contributed by atoms with Crippen LogP contribution in [0.1, 0.15) is 43.8 Å². The molecule has 0 radical (unpaired) electrons. The molecule has 1 N–H and O–H groups in total. The van der Waals surface area contributed by atoms with Crippen LogP contribution in [0.15, 0.2) is 10.5 Å². The van der Waals surface area contributed by atoms with Crippen molar-refractivity contribution in [2.24, 2.45) is 5.92 Å². The third-order valence-electron chi connectivity index (χ3n) is 4.30. The van der Waals surface area contributed by atoms with E-state index in [1.54, 1.807) is 0 Å². The molecule has 2 atom stereocenters. The van der Waals surface area contributed by atoms with Gasteiger partial charge in [0.2, 0.25) is 0 Å². The van der Waals surface area contributed by atoms with Gasteiger partial charge in [0.1, 0.15) is 11.5 Å². The minimum absolute atomic E-state index is 0.681. The van der Waals surface area contributed by atoms with Gasteiger partial charge < -0.3 is 9.73 Å². The summed E-state index contributed by atoms with van der Waals surface area (Å²) in [4.78, 5) is 2.59. The first-order valence-electron chi connectivity index (χ1n) is 7.08. The highest BCUT2D eigenvalue weighted by Gasteiger charge is 2.25. The minimum Gasteiger partial charge on any atom is -0.465 e. The number of nitrogens with zero attached hydrogens (tertiary/aromatic N) is 1. The Hall–Kier alpha value is -0.800. The molecule has 102 valence electrons. The molecular weight excluding hydrogens is 224 g/mol. The Balaban J connectivity index is 2.04. The summed E-state index contributed by atoms with van der Waals surface area (Å²) < 4.78 is 5.77. The maximum Gasteiger partial charge on any atom is 0.118 e. The standard InChI is InChI=1S/C15H26N2O/c1-11-6-5-7-17(12(11)2)10-14-8-15(9-16-4)18-13(14)3/h8,11-12,16H,5-7,9-10H2,1-4H3. The van der Waals surface area contributed by atoms with Gasteiger partial charge in [-0.1, -0.05) is 6.92 Å². The van der Waals surface area contributed by atoms with Crippen LogP contribution in [-0.2, 0) is 13.1 Å². The molecule has 2 rings (SSSR count). The molecule has 3 nitrogen and oxygen atoms in total. The summed E-state index contributed by atoms with van der Waals surface area (Å²) >= 11 is 0. The monoisotopic (exact) mass is 250 g/mol. The van der Waals surface area contributed by atoms with Crippen LogP contribution in [0.5, 0.6) is 0 Å². The Morgan fingerprint density at radius 2 is 2.22 bits per heavy atom. The first-order valence-corrected chi connectivity index (χ1v) is 7.08. The number of nitrogens with one attached hydrogen (secondary N) is 1. The molecule has 18 heavy (non-hydrogen) atoms. The number of furan rings is 1. The molecule has 1 fully saturated rings. The Kier molecular flexibility index (Phi) is 4.46. The van der Waals surface area contributed by atoms with Crippen molar-refractivity contribution in [2.75, 3.05) is 13.6 Å². The zero-order chi connectivity index (χ0) is 13.1. The SMILES string of the molecule is CNCc1cc(CN2CCCC(C)C2C)c(C)o1. The average Bonchev–Trinajstić information content (AvgIpc) is 2.66. The minimum atomic E-state index is 0.681. The third kappa shape index (κ3) is 2.96. The first kappa shape index (κ1) is 13.6. The largest absolute Gasteiger partial charge is 0.465 e. The summed E-state index contributed by atoms with van der Waals surface area (Å²) in [5.74, 6) is 2.93. The van der Waals surface area contributed by atoms with Crippen LogP contribution in [0.2, 0.25) is 0 Å². The molecule has 1 aromatic rings. The first-order chi connectivity index (χ1) is 8.61. The van der Waals surface area contributed by atoms with Crippen LogP contribution in [0.4, 0.5) is 0 Å². The summed E-state index contributed by atoms with van der Waals surface area (Å²) in [6.07, 6.45) is 2.69. The third-order valence-corrected chi connectivity index (χ3v) is 4.30. The molecule has 0 aromatic carbocycles. The molecule has 0 amide bonds. The molecule has 1 saturated heterocycles. The second-order valence-corrected chi connectivity index (χ2v) is 5.66. The van der Waals surface area contributed by atoms with E-state index in [0.717, 1.165) is 30.5 Å². The van der Waals surface area contributed by atoms with Gasteiger partial charge in [0, 0.05) is 18.2 Å². The Bertz CT molecular complexity index is 386. The van der Waals surface area contributed by atoms with E-state index in [4.69, 9.17) is 4.42 Å². The van der Waals surface area contributed by atoms with E-state index < -0.39 is 0 Å². The molecule has 1 aliphatic rings. The fourth-order valence-corrected chi connectivity index (χ4v) is 2.87. The number of piperidine rings is 1. The van der Waals surface area contributed by atoms with Crippen LogP contribution in [0.3, 0.4) is 0 Å². The predicted molar refractivity (Wildman–Crippen MR) is 74.5 cm³/mol. The van der Waals surface area contributed by atoms with Crippen molar-refractivity contribution in [3.63, 3.8) is 0 Å². The molecule has 0 saturated carbocycles. The fraction of sp³-hybridized carbons (Fsp3) is 0.733. The molecule has 1 aliphatic heterocycles. The van der Waals surface area contributed by atoms with Gasteiger partial charge in [-0.15, -0.1) is 0 Å². The summed E-state index contributed by atoms with van der Waals surface area (Å²) in [6.45, 7) is 9.86. The summed E-state index contributed by atoms with van der Waals surface area (Å²) in [5.41, 5.74) is 1.35. The number of hydrogen-bond donors (Lipinski definition) is 1. The van der Waals surface area contributed by atoms with Gasteiger partial charge in [0.05, 0.1) is 6.54 Å². The van der Waals surface area contributed by atoms with Crippen molar-refractivity contribution in [3.8, 4) is 0 Å². The highest BCUT2D eigenvalue weighted by Crippen LogP contribution is 2.26. The van der Waals surface area contributed by atoms with Gasteiger partial charge in [-0.2, -0.15) is 0 Å². The second-order valence-electron chi connectivity index (χ2n) is 5.66. The molecule has 0 bridgehead atoms. The van der Waals surface area contributed by atoms with E-state index in [0.29, 0.717) is 6.04 Å². The van der Waals surface area contributed by atoms with Crippen molar-refractivity contribution >= 4 is 0 Å². The van der Waals surface area contributed by atoms with Crippen molar-refractivity contribution in [3.05, 3.63) is 23.2 Å². The number of rotatable bonds is 4. The zero-order valence-corrected chi connectivity index (χ0v) is 12.1. The number of likely N-dealkylation sites (tertiary alicyclic amines) is 1. The summed E-state index contributed by atoms with van der Waals surface area (Å²) in [6, 6.07) is 2.89. The van der Waals surface area contributed by atoms with Crippen molar-refractivity contribution in [1.29, 1.82) is 0 Å². The van der Waals surface area contributed by atoms with E-state index in [9.17, 15) is 0 Å². The number of hydrogen-bond acceptors (Lipinski definition) is 3. The van der Waals surface area contributed by atoms with E-state index in [1.165, 1.54) is 24.9 Å². The number of aryl methyl sites for hydroxylation is 1. The lowest BCUT2D eigenvalue weighted by Crippen LogP contribution is -2.41. The smallest absolute Gasteiger partial charge is 0.118 e. The van der Waals surface area contributed by atoms with Gasteiger partial charge in [-0.05, 0) is 52.3 Å². The second kappa shape index (κ2) is 5.89. The zero-order valence-electron chi connectivity index (χ0n) is 12.1. The van der Waals surface area contributed by atoms with Crippen LogP contribution in [0.25, 0.3) is 0 Å². The maximum absolute atomic E-state index is 5.77. The van der Waals surface area contributed by atoms with Gasteiger partial charge in [-0.3, -0.25) is 4.90 Å². The van der Waals surface area contributed by atoms with Crippen LogP contribution >= 0.6 is 0 Å². The van der Waals surface area contributed by atoms with Crippen molar-refractivity contribution < 1.29 is 4.42 Å². The lowest BCUT2D eigenvalue weighted by atomic mass is 9.92. The highest BCUT2D eigenvalue weighted by molar-refractivity contribution is 5.21.